The molecular weight excluding hydrogens is 490 g/mol. The molecule has 198 valence electrons. The summed E-state index contributed by atoms with van der Waals surface area (Å²) in [6.07, 6.45) is 2.80. The Labute approximate surface area is 219 Å². The summed E-state index contributed by atoms with van der Waals surface area (Å²) in [6.45, 7) is 1.61. The Morgan fingerprint density at radius 1 is 0.919 bits per heavy atom. The molecule has 3 aromatic rings. The fourth-order valence-electron chi connectivity index (χ4n) is 4.30. The molecule has 0 aromatic heterocycles. The predicted molar refractivity (Wildman–Crippen MR) is 145 cm³/mol. The minimum Gasteiger partial charge on any atom is -0.491 e. The molecule has 1 saturated heterocycles. The van der Waals surface area contributed by atoms with E-state index in [1.54, 1.807) is 48.5 Å². The van der Waals surface area contributed by atoms with Crippen molar-refractivity contribution in [1.29, 1.82) is 0 Å². The Kier molecular flexibility index (Phi) is 9.96. The highest BCUT2D eigenvalue weighted by Gasteiger charge is 2.27. The molecule has 0 spiro atoms. The van der Waals surface area contributed by atoms with E-state index in [9.17, 15) is 13.5 Å². The van der Waals surface area contributed by atoms with E-state index in [1.165, 1.54) is 4.31 Å². The number of para-hydroxylation sites is 2. The number of ether oxygens (including phenoxy) is 3. The normalized spacial score (nSPS) is 16.7. The van der Waals surface area contributed by atoms with Gasteiger partial charge in [-0.3, -0.25) is 0 Å². The maximum atomic E-state index is 13.4. The van der Waals surface area contributed by atoms with Crippen molar-refractivity contribution in [3.05, 3.63) is 90.5 Å². The minimum atomic E-state index is -3.83. The Hall–Kier alpha value is -2.91. The van der Waals surface area contributed by atoms with Crippen LogP contribution in [-0.2, 0) is 25.9 Å². The summed E-state index contributed by atoms with van der Waals surface area (Å²) in [5.41, 5.74) is 2.03. The minimum absolute atomic E-state index is 0.138. The second kappa shape index (κ2) is 13.6. The number of hydrogen-bond acceptors (Lipinski definition) is 6. The zero-order chi connectivity index (χ0) is 25.9. The van der Waals surface area contributed by atoms with Crippen molar-refractivity contribution in [3.63, 3.8) is 0 Å². The Morgan fingerprint density at radius 2 is 1.62 bits per heavy atom. The third-order valence-electron chi connectivity index (χ3n) is 6.12. The van der Waals surface area contributed by atoms with Crippen LogP contribution in [0.5, 0.6) is 5.75 Å². The SMILES string of the molecule is O=S(=O)(CC(O)CCc1cccc(OCCOC2CCCCO2)c1)N(c1ccccc1)c1ccccc1. The lowest BCUT2D eigenvalue weighted by molar-refractivity contribution is -0.165. The van der Waals surface area contributed by atoms with E-state index in [0.29, 0.717) is 43.2 Å². The molecule has 0 bridgehead atoms. The summed E-state index contributed by atoms with van der Waals surface area (Å²) in [5.74, 6) is 0.334. The molecule has 1 fully saturated rings. The van der Waals surface area contributed by atoms with E-state index >= 15 is 0 Å². The van der Waals surface area contributed by atoms with Crippen LogP contribution >= 0.6 is 0 Å². The van der Waals surface area contributed by atoms with Crippen molar-refractivity contribution in [3.8, 4) is 5.75 Å². The number of aliphatic hydroxyl groups is 1. The molecule has 1 N–H and O–H groups in total. The van der Waals surface area contributed by atoms with Gasteiger partial charge in [0.1, 0.15) is 12.4 Å². The molecule has 4 rings (SSSR count). The zero-order valence-electron chi connectivity index (χ0n) is 20.9. The van der Waals surface area contributed by atoms with Gasteiger partial charge in [-0.1, -0.05) is 48.5 Å². The third-order valence-corrected chi connectivity index (χ3v) is 7.90. The van der Waals surface area contributed by atoms with Crippen LogP contribution in [-0.4, -0.2) is 51.5 Å². The number of sulfonamides is 1. The van der Waals surface area contributed by atoms with Crippen LogP contribution in [0.2, 0.25) is 0 Å². The first-order valence-corrected chi connectivity index (χ1v) is 14.4. The van der Waals surface area contributed by atoms with Crippen molar-refractivity contribution in [2.75, 3.05) is 29.9 Å². The van der Waals surface area contributed by atoms with Crippen molar-refractivity contribution in [2.45, 2.75) is 44.5 Å². The van der Waals surface area contributed by atoms with E-state index in [2.05, 4.69) is 0 Å². The predicted octanol–water partition coefficient (Wildman–Crippen LogP) is 5.07. The first-order valence-electron chi connectivity index (χ1n) is 12.8. The van der Waals surface area contributed by atoms with Crippen molar-refractivity contribution in [1.82, 2.24) is 0 Å². The lowest BCUT2D eigenvalue weighted by Crippen LogP contribution is -2.33. The number of aliphatic hydroxyl groups excluding tert-OH is 1. The maximum Gasteiger partial charge on any atom is 0.242 e. The summed E-state index contributed by atoms with van der Waals surface area (Å²) in [7, 11) is -3.83. The van der Waals surface area contributed by atoms with E-state index in [-0.39, 0.29) is 12.0 Å². The molecular formula is C29H35NO6S. The highest BCUT2D eigenvalue weighted by molar-refractivity contribution is 7.93. The molecule has 37 heavy (non-hydrogen) atoms. The van der Waals surface area contributed by atoms with Gasteiger partial charge in [0.15, 0.2) is 6.29 Å². The highest BCUT2D eigenvalue weighted by atomic mass is 32.2. The fraction of sp³-hybridized carbons (Fsp3) is 0.379. The van der Waals surface area contributed by atoms with Gasteiger partial charge in [-0.05, 0) is 74.1 Å². The molecule has 3 aromatic carbocycles. The van der Waals surface area contributed by atoms with Crippen LogP contribution in [0.3, 0.4) is 0 Å². The number of rotatable bonds is 13. The quantitative estimate of drug-likeness (QED) is 0.314. The molecule has 0 aliphatic carbocycles. The van der Waals surface area contributed by atoms with E-state index < -0.39 is 16.1 Å². The molecule has 1 aliphatic heterocycles. The van der Waals surface area contributed by atoms with Crippen molar-refractivity contribution >= 4 is 21.4 Å². The number of anilines is 2. The molecule has 1 aliphatic rings. The van der Waals surface area contributed by atoms with Gasteiger partial charge >= 0.3 is 0 Å². The summed E-state index contributed by atoms with van der Waals surface area (Å²) in [4.78, 5) is 0. The van der Waals surface area contributed by atoms with Crippen LogP contribution in [0, 0.1) is 0 Å². The first kappa shape index (κ1) is 27.1. The smallest absolute Gasteiger partial charge is 0.242 e. The molecule has 2 unspecified atom stereocenters. The van der Waals surface area contributed by atoms with Crippen LogP contribution in [0.25, 0.3) is 0 Å². The van der Waals surface area contributed by atoms with Gasteiger partial charge in [0, 0.05) is 6.61 Å². The van der Waals surface area contributed by atoms with Crippen LogP contribution in [0.15, 0.2) is 84.9 Å². The van der Waals surface area contributed by atoms with E-state index in [0.717, 1.165) is 31.4 Å². The van der Waals surface area contributed by atoms with E-state index in [1.807, 2.05) is 36.4 Å². The number of nitrogens with zero attached hydrogens (tertiary/aromatic N) is 1. The molecule has 1 heterocycles. The first-order chi connectivity index (χ1) is 18.0. The Balaban J connectivity index is 1.30. The van der Waals surface area contributed by atoms with Gasteiger partial charge in [-0.15, -0.1) is 0 Å². The van der Waals surface area contributed by atoms with Gasteiger partial charge in [0.2, 0.25) is 10.0 Å². The van der Waals surface area contributed by atoms with Crippen molar-refractivity contribution < 1.29 is 27.7 Å². The largest absolute Gasteiger partial charge is 0.491 e. The summed E-state index contributed by atoms with van der Waals surface area (Å²) < 4.78 is 45.2. The number of aryl methyl sites for hydroxylation is 1. The summed E-state index contributed by atoms with van der Waals surface area (Å²) >= 11 is 0. The summed E-state index contributed by atoms with van der Waals surface area (Å²) in [6, 6.07) is 25.5. The second-order valence-corrected chi connectivity index (χ2v) is 10.9. The number of benzene rings is 3. The lowest BCUT2D eigenvalue weighted by atomic mass is 10.1. The molecule has 7 nitrogen and oxygen atoms in total. The van der Waals surface area contributed by atoms with Crippen LogP contribution in [0.4, 0.5) is 11.4 Å². The molecule has 0 saturated carbocycles. The van der Waals surface area contributed by atoms with Crippen molar-refractivity contribution in [2.24, 2.45) is 0 Å². The van der Waals surface area contributed by atoms with Gasteiger partial charge < -0.3 is 19.3 Å². The Morgan fingerprint density at radius 3 is 2.27 bits per heavy atom. The topological polar surface area (TPSA) is 85.3 Å². The summed E-state index contributed by atoms with van der Waals surface area (Å²) in [5, 5.41) is 10.7. The third kappa shape index (κ3) is 8.30. The van der Waals surface area contributed by atoms with Gasteiger partial charge in [-0.25, -0.2) is 12.7 Å². The molecule has 8 heteroatoms. The highest BCUT2D eigenvalue weighted by Crippen LogP contribution is 2.29. The molecule has 0 radical (unpaired) electrons. The average molecular weight is 526 g/mol. The van der Waals surface area contributed by atoms with Crippen LogP contribution < -0.4 is 9.04 Å². The van der Waals surface area contributed by atoms with Gasteiger partial charge in [-0.2, -0.15) is 0 Å². The molecule has 2 atom stereocenters. The van der Waals surface area contributed by atoms with E-state index in [4.69, 9.17) is 14.2 Å². The fourth-order valence-corrected chi connectivity index (χ4v) is 5.99. The van der Waals surface area contributed by atoms with Gasteiger partial charge in [0.25, 0.3) is 0 Å². The second-order valence-electron chi connectivity index (χ2n) is 9.07. The zero-order valence-corrected chi connectivity index (χ0v) is 21.8. The Bertz CT molecular complexity index is 1140. The van der Waals surface area contributed by atoms with Gasteiger partial charge in [0.05, 0.1) is 29.8 Å². The molecule has 0 amide bonds. The average Bonchev–Trinajstić information content (AvgIpc) is 2.92. The lowest BCUT2D eigenvalue weighted by Gasteiger charge is -2.26. The van der Waals surface area contributed by atoms with Crippen LogP contribution in [0.1, 0.15) is 31.2 Å². The number of hydrogen-bond donors (Lipinski definition) is 1. The monoisotopic (exact) mass is 525 g/mol. The maximum absolute atomic E-state index is 13.4. The standard InChI is InChI=1S/C29H35NO6S/c31-27(23-37(32,33)30(25-11-3-1-4-12-25)26-13-5-2-6-14-26)18-17-24-10-9-15-28(22-24)34-20-21-36-29-16-7-8-19-35-29/h1-6,9-15,22,27,29,31H,7-8,16-21,23H2.